The molecule has 0 aliphatic carbocycles. The van der Waals surface area contributed by atoms with Crippen molar-refractivity contribution in [2.75, 3.05) is 19.7 Å². The van der Waals surface area contributed by atoms with E-state index in [0.717, 1.165) is 43.7 Å². The van der Waals surface area contributed by atoms with Gasteiger partial charge in [0.25, 0.3) is 5.91 Å². The molecule has 0 saturated carbocycles. The number of rotatable bonds is 4. The third-order valence-electron chi connectivity index (χ3n) is 5.44. The molecule has 1 amide bonds. The van der Waals surface area contributed by atoms with Crippen molar-refractivity contribution >= 4 is 5.91 Å². The average molecular weight is 368 g/mol. The Hall–Kier alpha value is -2.18. The van der Waals surface area contributed by atoms with Gasteiger partial charge in [0.15, 0.2) is 0 Å². The maximum Gasteiger partial charge on any atom is 0.269 e. The lowest BCUT2D eigenvalue weighted by Gasteiger charge is -2.39. The molecule has 2 aliphatic heterocycles. The number of benzene rings is 1. The quantitative estimate of drug-likeness (QED) is 0.832. The molecule has 1 fully saturated rings. The van der Waals surface area contributed by atoms with Gasteiger partial charge in [0, 0.05) is 32.1 Å². The molecule has 2 aliphatic rings. The SMILES string of the molecule is CC(C)n1cnc2c1[C@H](C(=O)N1CCCCO1)N(Cc1ccccc1)CC2. The van der Waals surface area contributed by atoms with Gasteiger partial charge in [0.2, 0.25) is 0 Å². The molecule has 3 heterocycles. The highest BCUT2D eigenvalue weighted by Gasteiger charge is 2.40. The van der Waals surface area contributed by atoms with E-state index in [1.807, 2.05) is 24.5 Å². The number of nitrogens with zero attached hydrogens (tertiary/aromatic N) is 4. The first kappa shape index (κ1) is 18.2. The number of hydroxylamine groups is 2. The second kappa shape index (κ2) is 7.82. The van der Waals surface area contributed by atoms with Crippen LogP contribution in [0, 0.1) is 0 Å². The Balaban J connectivity index is 1.70. The molecule has 0 radical (unpaired) electrons. The number of aromatic nitrogens is 2. The summed E-state index contributed by atoms with van der Waals surface area (Å²) in [6.07, 6.45) is 4.76. The molecule has 27 heavy (non-hydrogen) atoms. The van der Waals surface area contributed by atoms with Gasteiger partial charge in [-0.1, -0.05) is 30.3 Å². The zero-order valence-corrected chi connectivity index (χ0v) is 16.2. The number of imidazole rings is 1. The van der Waals surface area contributed by atoms with E-state index in [2.05, 4.69) is 40.4 Å². The summed E-state index contributed by atoms with van der Waals surface area (Å²) in [5, 5.41) is 1.58. The standard InChI is InChI=1S/C21H28N4O2/c1-16(2)24-15-22-18-10-12-23(14-17-8-4-3-5-9-17)20(19(18)24)21(26)25-11-6-7-13-27-25/h3-5,8-9,15-16,20H,6-7,10-14H2,1-2H3/t20-/m1/s1. The molecular weight excluding hydrogens is 340 g/mol. The van der Waals surface area contributed by atoms with Gasteiger partial charge in [0.05, 0.1) is 24.3 Å². The van der Waals surface area contributed by atoms with Gasteiger partial charge in [-0.05, 0) is 32.3 Å². The van der Waals surface area contributed by atoms with Crippen LogP contribution in [0.3, 0.4) is 0 Å². The van der Waals surface area contributed by atoms with Gasteiger partial charge in [-0.3, -0.25) is 14.5 Å². The lowest BCUT2D eigenvalue weighted by atomic mass is 9.99. The van der Waals surface area contributed by atoms with E-state index in [9.17, 15) is 4.79 Å². The Morgan fingerprint density at radius 3 is 2.74 bits per heavy atom. The first-order valence-electron chi connectivity index (χ1n) is 9.93. The second-order valence-electron chi connectivity index (χ2n) is 7.67. The van der Waals surface area contributed by atoms with E-state index in [1.54, 1.807) is 5.06 Å². The number of carbonyl (C=O) groups is 1. The van der Waals surface area contributed by atoms with Gasteiger partial charge in [-0.25, -0.2) is 10.0 Å². The van der Waals surface area contributed by atoms with Crippen molar-refractivity contribution in [3.8, 4) is 0 Å². The minimum Gasteiger partial charge on any atom is -0.330 e. The zero-order chi connectivity index (χ0) is 18.8. The number of carbonyl (C=O) groups excluding carboxylic acids is 1. The van der Waals surface area contributed by atoms with Crippen LogP contribution in [0.1, 0.15) is 55.7 Å². The molecule has 1 aromatic carbocycles. The molecule has 144 valence electrons. The first-order chi connectivity index (χ1) is 13.1. The number of amides is 1. The van der Waals surface area contributed by atoms with Crippen molar-refractivity contribution in [2.45, 2.75) is 51.7 Å². The lowest BCUT2D eigenvalue weighted by molar-refractivity contribution is -0.203. The fraction of sp³-hybridized carbons (Fsp3) is 0.524. The Morgan fingerprint density at radius 1 is 1.22 bits per heavy atom. The van der Waals surface area contributed by atoms with Crippen molar-refractivity contribution in [1.82, 2.24) is 19.5 Å². The predicted molar refractivity (Wildman–Crippen MR) is 103 cm³/mol. The van der Waals surface area contributed by atoms with E-state index in [0.29, 0.717) is 13.2 Å². The van der Waals surface area contributed by atoms with Crippen LogP contribution >= 0.6 is 0 Å². The van der Waals surface area contributed by atoms with Crippen LogP contribution in [-0.2, 0) is 22.6 Å². The van der Waals surface area contributed by atoms with Crippen LogP contribution in [0.25, 0.3) is 0 Å². The van der Waals surface area contributed by atoms with Crippen LogP contribution in [0.2, 0.25) is 0 Å². The summed E-state index contributed by atoms with van der Waals surface area (Å²) in [6.45, 7) is 7.12. The Bertz CT molecular complexity index is 781. The molecule has 0 spiro atoms. The monoisotopic (exact) mass is 368 g/mol. The van der Waals surface area contributed by atoms with Gasteiger partial charge in [-0.2, -0.15) is 0 Å². The topological polar surface area (TPSA) is 50.6 Å². The molecule has 0 unspecified atom stereocenters. The summed E-state index contributed by atoms with van der Waals surface area (Å²) in [7, 11) is 0. The van der Waals surface area contributed by atoms with Crippen LogP contribution < -0.4 is 0 Å². The fourth-order valence-corrected chi connectivity index (χ4v) is 4.03. The van der Waals surface area contributed by atoms with Crippen LogP contribution in [0.4, 0.5) is 0 Å². The third kappa shape index (κ3) is 3.64. The smallest absolute Gasteiger partial charge is 0.269 e. The molecule has 2 aromatic rings. The number of hydrogen-bond acceptors (Lipinski definition) is 4. The normalized spacial score (nSPS) is 20.7. The van der Waals surface area contributed by atoms with E-state index in [4.69, 9.17) is 4.84 Å². The van der Waals surface area contributed by atoms with Crippen molar-refractivity contribution in [1.29, 1.82) is 0 Å². The van der Waals surface area contributed by atoms with Crippen molar-refractivity contribution in [3.63, 3.8) is 0 Å². The lowest BCUT2D eigenvalue weighted by Crippen LogP contribution is -2.48. The maximum atomic E-state index is 13.5. The molecule has 0 N–H and O–H groups in total. The van der Waals surface area contributed by atoms with Gasteiger partial charge < -0.3 is 4.57 Å². The molecule has 1 aromatic heterocycles. The minimum atomic E-state index is -0.350. The molecular formula is C21H28N4O2. The molecule has 1 saturated heterocycles. The van der Waals surface area contributed by atoms with Crippen LogP contribution in [0.15, 0.2) is 36.7 Å². The van der Waals surface area contributed by atoms with Crippen molar-refractivity contribution < 1.29 is 9.63 Å². The summed E-state index contributed by atoms with van der Waals surface area (Å²) < 4.78 is 2.15. The first-order valence-corrected chi connectivity index (χ1v) is 9.93. The molecule has 6 nitrogen and oxygen atoms in total. The van der Waals surface area contributed by atoms with Gasteiger partial charge >= 0.3 is 0 Å². The second-order valence-corrected chi connectivity index (χ2v) is 7.67. The zero-order valence-electron chi connectivity index (χ0n) is 16.2. The number of hydrogen-bond donors (Lipinski definition) is 0. The molecule has 1 atom stereocenters. The minimum absolute atomic E-state index is 0.0361. The van der Waals surface area contributed by atoms with Crippen LogP contribution in [0.5, 0.6) is 0 Å². The largest absolute Gasteiger partial charge is 0.330 e. The number of fused-ring (bicyclic) bond motifs is 1. The average Bonchev–Trinajstić information content (AvgIpc) is 3.13. The van der Waals surface area contributed by atoms with Crippen LogP contribution in [-0.4, -0.2) is 45.1 Å². The summed E-state index contributed by atoms with van der Waals surface area (Å²) in [5.41, 5.74) is 3.30. The molecule has 6 heteroatoms. The summed E-state index contributed by atoms with van der Waals surface area (Å²) >= 11 is 0. The summed E-state index contributed by atoms with van der Waals surface area (Å²) in [6, 6.07) is 10.3. The highest BCUT2D eigenvalue weighted by molar-refractivity contribution is 5.82. The Labute approximate surface area is 160 Å². The van der Waals surface area contributed by atoms with E-state index in [1.165, 1.54) is 5.56 Å². The fourth-order valence-electron chi connectivity index (χ4n) is 4.03. The predicted octanol–water partition coefficient (Wildman–Crippen LogP) is 3.12. The summed E-state index contributed by atoms with van der Waals surface area (Å²) in [4.78, 5) is 26.1. The summed E-state index contributed by atoms with van der Waals surface area (Å²) in [5.74, 6) is 0.0361. The Morgan fingerprint density at radius 2 is 2.04 bits per heavy atom. The van der Waals surface area contributed by atoms with Crippen molar-refractivity contribution in [2.24, 2.45) is 0 Å². The van der Waals surface area contributed by atoms with Crippen molar-refractivity contribution in [3.05, 3.63) is 53.6 Å². The maximum absolute atomic E-state index is 13.5. The molecule has 4 rings (SSSR count). The molecule has 0 bridgehead atoms. The van der Waals surface area contributed by atoms with E-state index < -0.39 is 0 Å². The van der Waals surface area contributed by atoms with Gasteiger partial charge in [-0.15, -0.1) is 0 Å². The highest BCUT2D eigenvalue weighted by atomic mass is 16.7. The van der Waals surface area contributed by atoms with E-state index in [-0.39, 0.29) is 18.0 Å². The Kier molecular flexibility index (Phi) is 5.27. The highest BCUT2D eigenvalue weighted by Crippen LogP contribution is 2.34. The third-order valence-corrected chi connectivity index (χ3v) is 5.44. The van der Waals surface area contributed by atoms with E-state index >= 15 is 0 Å². The van der Waals surface area contributed by atoms with Gasteiger partial charge in [0.1, 0.15) is 6.04 Å².